The quantitative estimate of drug-likeness (QED) is 0.838. The van der Waals surface area contributed by atoms with Crippen molar-refractivity contribution in [2.24, 2.45) is 0 Å². The fourth-order valence-corrected chi connectivity index (χ4v) is 3.04. The third kappa shape index (κ3) is 3.82. The second kappa shape index (κ2) is 7.95. The number of carbonyl (C=O) groups is 2. The monoisotopic (exact) mass is 353 g/mol. The molecular formula is C19H23N5O2. The van der Waals surface area contributed by atoms with E-state index in [1.165, 1.54) is 6.20 Å². The summed E-state index contributed by atoms with van der Waals surface area (Å²) in [6.45, 7) is 6.85. The topological polar surface area (TPSA) is 69.6 Å². The van der Waals surface area contributed by atoms with Crippen LogP contribution in [0.2, 0.25) is 0 Å². The molecule has 26 heavy (non-hydrogen) atoms. The number of rotatable bonds is 4. The highest BCUT2D eigenvalue weighted by atomic mass is 16.2. The normalized spacial score (nSPS) is 14.2. The lowest BCUT2D eigenvalue weighted by atomic mass is 10.2. The first-order valence-corrected chi connectivity index (χ1v) is 8.79. The number of carbonyl (C=O) groups excluding carboxylic acids is 2. The molecule has 1 fully saturated rings. The van der Waals surface area contributed by atoms with Crippen LogP contribution in [0.1, 0.15) is 24.3 Å². The standard InChI is InChI=1S/C19H23N5O2/c1-3-24(16-7-5-4-6-8-16)19(26)17-13-21-18(14-20-17)23-11-9-22(10-12-23)15(2)25/h4-8,13-14H,3,9-12H2,1-2H3. The zero-order valence-electron chi connectivity index (χ0n) is 15.1. The fourth-order valence-electron chi connectivity index (χ4n) is 3.04. The Morgan fingerprint density at radius 2 is 1.73 bits per heavy atom. The number of hydrogen-bond acceptors (Lipinski definition) is 5. The van der Waals surface area contributed by atoms with Gasteiger partial charge >= 0.3 is 0 Å². The van der Waals surface area contributed by atoms with Crippen LogP contribution in [0, 0.1) is 0 Å². The molecule has 0 saturated carbocycles. The van der Waals surface area contributed by atoms with Crippen LogP contribution in [-0.4, -0.2) is 59.4 Å². The molecule has 0 N–H and O–H groups in total. The predicted octanol–water partition coefficient (Wildman–Crippen LogP) is 1.81. The van der Waals surface area contributed by atoms with E-state index in [0.29, 0.717) is 38.4 Å². The van der Waals surface area contributed by atoms with E-state index in [2.05, 4.69) is 14.9 Å². The summed E-state index contributed by atoms with van der Waals surface area (Å²) in [7, 11) is 0. The second-order valence-corrected chi connectivity index (χ2v) is 6.14. The summed E-state index contributed by atoms with van der Waals surface area (Å²) in [4.78, 5) is 38.5. The highest BCUT2D eigenvalue weighted by Crippen LogP contribution is 2.17. The average Bonchev–Trinajstić information content (AvgIpc) is 2.69. The first-order valence-electron chi connectivity index (χ1n) is 8.79. The highest BCUT2D eigenvalue weighted by Gasteiger charge is 2.21. The van der Waals surface area contributed by atoms with Gasteiger partial charge in [0, 0.05) is 45.3 Å². The number of piperazine rings is 1. The van der Waals surface area contributed by atoms with E-state index < -0.39 is 0 Å². The van der Waals surface area contributed by atoms with Gasteiger partial charge in [-0.3, -0.25) is 9.59 Å². The van der Waals surface area contributed by atoms with Gasteiger partial charge in [0.05, 0.1) is 12.4 Å². The molecule has 0 bridgehead atoms. The smallest absolute Gasteiger partial charge is 0.278 e. The van der Waals surface area contributed by atoms with Crippen LogP contribution in [0.5, 0.6) is 0 Å². The van der Waals surface area contributed by atoms with Gasteiger partial charge < -0.3 is 14.7 Å². The van der Waals surface area contributed by atoms with Crippen molar-refractivity contribution >= 4 is 23.3 Å². The fraction of sp³-hybridized carbons (Fsp3) is 0.368. The van der Waals surface area contributed by atoms with Gasteiger partial charge in [0.2, 0.25) is 5.91 Å². The first-order chi connectivity index (χ1) is 12.6. The molecule has 0 atom stereocenters. The van der Waals surface area contributed by atoms with Gasteiger partial charge in [0.25, 0.3) is 5.91 Å². The van der Waals surface area contributed by atoms with Crippen molar-refractivity contribution in [1.29, 1.82) is 0 Å². The molecule has 0 radical (unpaired) electrons. The van der Waals surface area contributed by atoms with E-state index in [9.17, 15) is 9.59 Å². The van der Waals surface area contributed by atoms with E-state index in [4.69, 9.17) is 0 Å². The van der Waals surface area contributed by atoms with Gasteiger partial charge in [-0.1, -0.05) is 18.2 Å². The Hall–Kier alpha value is -2.96. The van der Waals surface area contributed by atoms with Gasteiger partial charge in [-0.05, 0) is 19.1 Å². The number of benzene rings is 1. The molecule has 3 rings (SSSR count). The summed E-state index contributed by atoms with van der Waals surface area (Å²) in [6, 6.07) is 9.53. The average molecular weight is 353 g/mol. The van der Waals surface area contributed by atoms with Crippen LogP contribution in [-0.2, 0) is 4.79 Å². The van der Waals surface area contributed by atoms with Crippen molar-refractivity contribution in [2.75, 3.05) is 42.5 Å². The molecule has 2 heterocycles. The Morgan fingerprint density at radius 3 is 2.27 bits per heavy atom. The second-order valence-electron chi connectivity index (χ2n) is 6.14. The van der Waals surface area contributed by atoms with Crippen molar-refractivity contribution < 1.29 is 9.59 Å². The van der Waals surface area contributed by atoms with Gasteiger partial charge in [-0.2, -0.15) is 0 Å². The van der Waals surface area contributed by atoms with Crippen LogP contribution >= 0.6 is 0 Å². The zero-order valence-corrected chi connectivity index (χ0v) is 15.1. The number of anilines is 2. The summed E-state index contributed by atoms with van der Waals surface area (Å²) in [5.41, 5.74) is 1.16. The molecule has 2 amide bonds. The van der Waals surface area contributed by atoms with Crippen molar-refractivity contribution in [3.05, 3.63) is 48.4 Å². The minimum atomic E-state index is -0.167. The Labute approximate surface area is 153 Å². The number of nitrogens with zero attached hydrogens (tertiary/aromatic N) is 5. The molecule has 1 aliphatic rings. The van der Waals surface area contributed by atoms with E-state index >= 15 is 0 Å². The van der Waals surface area contributed by atoms with Crippen molar-refractivity contribution in [1.82, 2.24) is 14.9 Å². The SMILES string of the molecule is CCN(C(=O)c1cnc(N2CCN(C(C)=O)CC2)cn1)c1ccccc1. The molecule has 7 heteroatoms. The summed E-state index contributed by atoms with van der Waals surface area (Å²) >= 11 is 0. The summed E-state index contributed by atoms with van der Waals surface area (Å²) in [6.07, 6.45) is 3.16. The van der Waals surface area contributed by atoms with Crippen molar-refractivity contribution in [3.63, 3.8) is 0 Å². The molecule has 7 nitrogen and oxygen atoms in total. The Balaban J connectivity index is 1.69. The molecule has 1 saturated heterocycles. The molecule has 1 aromatic carbocycles. The first kappa shape index (κ1) is 17.8. The largest absolute Gasteiger partial charge is 0.352 e. The molecular weight excluding hydrogens is 330 g/mol. The van der Waals surface area contributed by atoms with Crippen LogP contribution in [0.15, 0.2) is 42.7 Å². The molecule has 1 aliphatic heterocycles. The Bertz CT molecular complexity index is 755. The predicted molar refractivity (Wildman–Crippen MR) is 100 cm³/mol. The van der Waals surface area contributed by atoms with Crippen LogP contribution < -0.4 is 9.80 Å². The van der Waals surface area contributed by atoms with Gasteiger partial charge in [-0.15, -0.1) is 0 Å². The van der Waals surface area contributed by atoms with Crippen molar-refractivity contribution in [2.45, 2.75) is 13.8 Å². The lowest BCUT2D eigenvalue weighted by Crippen LogP contribution is -2.48. The molecule has 0 aliphatic carbocycles. The van der Waals surface area contributed by atoms with Gasteiger partial charge in [0.1, 0.15) is 11.5 Å². The van der Waals surface area contributed by atoms with Crippen LogP contribution in [0.4, 0.5) is 11.5 Å². The number of amides is 2. The van der Waals surface area contributed by atoms with Gasteiger partial charge in [-0.25, -0.2) is 9.97 Å². The Morgan fingerprint density at radius 1 is 1.04 bits per heavy atom. The molecule has 0 spiro atoms. The van der Waals surface area contributed by atoms with E-state index in [0.717, 1.165) is 11.5 Å². The lowest BCUT2D eigenvalue weighted by Gasteiger charge is -2.34. The van der Waals surface area contributed by atoms with Crippen LogP contribution in [0.25, 0.3) is 0 Å². The highest BCUT2D eigenvalue weighted by molar-refractivity contribution is 6.04. The third-order valence-electron chi connectivity index (χ3n) is 4.54. The minimum absolute atomic E-state index is 0.0947. The maximum Gasteiger partial charge on any atom is 0.278 e. The Kier molecular flexibility index (Phi) is 5.46. The number of hydrogen-bond donors (Lipinski definition) is 0. The summed E-state index contributed by atoms with van der Waals surface area (Å²) < 4.78 is 0. The number of para-hydroxylation sites is 1. The molecule has 1 aromatic heterocycles. The third-order valence-corrected chi connectivity index (χ3v) is 4.54. The minimum Gasteiger partial charge on any atom is -0.352 e. The molecule has 0 unspecified atom stereocenters. The molecule has 2 aromatic rings. The number of aromatic nitrogens is 2. The van der Waals surface area contributed by atoms with E-state index in [1.54, 1.807) is 18.0 Å². The zero-order chi connectivity index (χ0) is 18.5. The summed E-state index contributed by atoms with van der Waals surface area (Å²) in [5.74, 6) is 0.656. The van der Waals surface area contributed by atoms with E-state index in [1.807, 2.05) is 42.2 Å². The maximum atomic E-state index is 12.7. The van der Waals surface area contributed by atoms with Crippen molar-refractivity contribution in [3.8, 4) is 0 Å². The summed E-state index contributed by atoms with van der Waals surface area (Å²) in [5, 5.41) is 0. The van der Waals surface area contributed by atoms with E-state index in [-0.39, 0.29) is 11.8 Å². The van der Waals surface area contributed by atoms with Gasteiger partial charge in [0.15, 0.2) is 0 Å². The van der Waals surface area contributed by atoms with Crippen LogP contribution in [0.3, 0.4) is 0 Å². The maximum absolute atomic E-state index is 12.7. The lowest BCUT2D eigenvalue weighted by molar-refractivity contribution is -0.129. The molecule has 136 valence electrons.